The van der Waals surface area contributed by atoms with Crippen LogP contribution in [0.15, 0.2) is 77.9 Å². The summed E-state index contributed by atoms with van der Waals surface area (Å²) in [5.41, 5.74) is 2.86. The number of benzene rings is 3. The normalized spacial score (nSPS) is 10.5. The van der Waals surface area contributed by atoms with Crippen LogP contribution in [0.4, 0.5) is 4.39 Å². The van der Waals surface area contributed by atoms with E-state index < -0.39 is 17.7 Å². The first-order chi connectivity index (χ1) is 15.0. The highest BCUT2D eigenvalue weighted by Crippen LogP contribution is 2.17. The lowest BCUT2D eigenvalue weighted by Gasteiger charge is -2.06. The number of amides is 1. The average molecular weight is 422 g/mol. The summed E-state index contributed by atoms with van der Waals surface area (Å²) in [4.78, 5) is 23.8. The van der Waals surface area contributed by atoms with Crippen molar-refractivity contribution in [3.63, 3.8) is 0 Å². The summed E-state index contributed by atoms with van der Waals surface area (Å²) in [5, 5.41) is 3.85. The van der Waals surface area contributed by atoms with Crippen LogP contribution in [0.2, 0.25) is 0 Å². The van der Waals surface area contributed by atoms with Crippen LogP contribution in [0.1, 0.15) is 15.9 Å². The van der Waals surface area contributed by atoms with Gasteiger partial charge >= 0.3 is 5.97 Å². The molecule has 0 heterocycles. The number of halogens is 1. The lowest BCUT2D eigenvalue weighted by molar-refractivity contribution is -0.123. The number of rotatable bonds is 8. The molecule has 0 unspecified atom stereocenters. The second-order valence-electron chi connectivity index (χ2n) is 6.20. The molecule has 8 heteroatoms. The fraction of sp³-hybridized carbons (Fsp3) is 0.0870. The average Bonchev–Trinajstić information content (AvgIpc) is 2.79. The molecule has 0 aliphatic rings. The summed E-state index contributed by atoms with van der Waals surface area (Å²) in [5.74, 6) is -0.397. The first-order valence-corrected chi connectivity index (χ1v) is 9.20. The molecule has 0 aromatic heterocycles. The number of carbonyl (C=O) groups excluding carboxylic acids is 2. The first-order valence-electron chi connectivity index (χ1n) is 9.20. The lowest BCUT2D eigenvalue weighted by atomic mass is 10.2. The van der Waals surface area contributed by atoms with Crippen molar-refractivity contribution in [2.75, 3.05) is 13.7 Å². The molecule has 7 nitrogen and oxygen atoms in total. The maximum Gasteiger partial charge on any atom is 0.346 e. The fourth-order valence-electron chi connectivity index (χ4n) is 2.44. The molecular formula is C23H19FN2O5. The molecule has 0 radical (unpaired) electrons. The van der Waals surface area contributed by atoms with Crippen molar-refractivity contribution in [2.24, 2.45) is 5.10 Å². The maximum absolute atomic E-state index is 13.6. The van der Waals surface area contributed by atoms with Gasteiger partial charge < -0.3 is 14.2 Å². The summed E-state index contributed by atoms with van der Waals surface area (Å²) >= 11 is 0. The Balaban J connectivity index is 1.46. The van der Waals surface area contributed by atoms with Crippen LogP contribution in [-0.4, -0.2) is 31.8 Å². The van der Waals surface area contributed by atoms with E-state index in [9.17, 15) is 14.0 Å². The molecule has 0 bridgehead atoms. The highest BCUT2D eigenvalue weighted by molar-refractivity contribution is 5.91. The second-order valence-corrected chi connectivity index (χ2v) is 6.20. The Labute approximate surface area is 178 Å². The highest BCUT2D eigenvalue weighted by Gasteiger charge is 2.13. The third-order valence-electron chi connectivity index (χ3n) is 4.02. The predicted octanol–water partition coefficient (Wildman–Crippen LogP) is 3.58. The van der Waals surface area contributed by atoms with E-state index in [0.29, 0.717) is 17.1 Å². The van der Waals surface area contributed by atoms with E-state index in [2.05, 4.69) is 10.5 Å². The molecule has 0 saturated carbocycles. The number of ether oxygens (including phenoxy) is 3. The van der Waals surface area contributed by atoms with Gasteiger partial charge in [-0.25, -0.2) is 14.6 Å². The number of carbonyl (C=O) groups is 2. The third-order valence-corrected chi connectivity index (χ3v) is 4.02. The van der Waals surface area contributed by atoms with Crippen LogP contribution in [0, 0.1) is 5.82 Å². The van der Waals surface area contributed by atoms with Gasteiger partial charge in [-0.1, -0.05) is 12.1 Å². The Morgan fingerprint density at radius 2 is 1.58 bits per heavy atom. The zero-order chi connectivity index (χ0) is 22.1. The number of hydrogen-bond donors (Lipinski definition) is 1. The van der Waals surface area contributed by atoms with Crippen LogP contribution in [0.3, 0.4) is 0 Å². The summed E-state index contributed by atoms with van der Waals surface area (Å²) in [6.45, 7) is -0.200. The van der Waals surface area contributed by atoms with Gasteiger partial charge in [-0.05, 0) is 66.2 Å². The Kier molecular flexibility index (Phi) is 7.31. The quantitative estimate of drug-likeness (QED) is 0.260. The summed E-state index contributed by atoms with van der Waals surface area (Å²) < 4.78 is 29.2. The van der Waals surface area contributed by atoms with E-state index in [1.807, 2.05) is 0 Å². The zero-order valence-electron chi connectivity index (χ0n) is 16.6. The van der Waals surface area contributed by atoms with Crippen LogP contribution < -0.4 is 19.6 Å². The maximum atomic E-state index is 13.6. The first kappa shape index (κ1) is 21.5. The number of esters is 1. The summed E-state index contributed by atoms with van der Waals surface area (Å²) in [7, 11) is 1.56. The van der Waals surface area contributed by atoms with E-state index in [1.54, 1.807) is 49.6 Å². The molecule has 3 rings (SSSR count). The van der Waals surface area contributed by atoms with Gasteiger partial charge in [0.15, 0.2) is 6.61 Å². The summed E-state index contributed by atoms with van der Waals surface area (Å²) in [6, 6.07) is 18.7. The molecule has 1 amide bonds. The minimum Gasteiger partial charge on any atom is -0.497 e. The van der Waals surface area contributed by atoms with E-state index in [4.69, 9.17) is 14.2 Å². The van der Waals surface area contributed by atoms with E-state index in [0.717, 1.165) is 0 Å². The van der Waals surface area contributed by atoms with E-state index in [-0.39, 0.29) is 17.9 Å². The smallest absolute Gasteiger partial charge is 0.346 e. The van der Waals surface area contributed by atoms with Gasteiger partial charge in [0.2, 0.25) is 0 Å². The van der Waals surface area contributed by atoms with Gasteiger partial charge in [0, 0.05) is 0 Å². The third kappa shape index (κ3) is 6.40. The molecular weight excluding hydrogens is 403 g/mol. The lowest BCUT2D eigenvalue weighted by Crippen LogP contribution is -2.24. The number of methoxy groups -OCH3 is 1. The number of hydrogen-bond acceptors (Lipinski definition) is 6. The number of nitrogens with zero attached hydrogens (tertiary/aromatic N) is 1. The predicted molar refractivity (Wildman–Crippen MR) is 112 cm³/mol. The van der Waals surface area contributed by atoms with Crippen molar-refractivity contribution in [1.29, 1.82) is 0 Å². The Bertz CT molecular complexity index is 1070. The van der Waals surface area contributed by atoms with Crippen molar-refractivity contribution in [2.45, 2.75) is 0 Å². The topological polar surface area (TPSA) is 86.2 Å². The molecule has 0 saturated heterocycles. The summed E-state index contributed by atoms with van der Waals surface area (Å²) in [6.07, 6.45) is 1.42. The van der Waals surface area contributed by atoms with E-state index in [1.165, 1.54) is 36.5 Å². The Morgan fingerprint density at radius 1 is 0.935 bits per heavy atom. The highest BCUT2D eigenvalue weighted by atomic mass is 19.1. The molecule has 3 aromatic carbocycles. The molecule has 31 heavy (non-hydrogen) atoms. The van der Waals surface area contributed by atoms with Crippen molar-refractivity contribution in [1.82, 2.24) is 5.43 Å². The molecule has 0 fully saturated rings. The monoisotopic (exact) mass is 422 g/mol. The van der Waals surface area contributed by atoms with Gasteiger partial charge in [-0.2, -0.15) is 5.10 Å². The molecule has 0 spiro atoms. The Hall–Kier alpha value is -4.20. The van der Waals surface area contributed by atoms with Gasteiger partial charge in [0.25, 0.3) is 5.91 Å². The molecule has 3 aromatic rings. The fourth-order valence-corrected chi connectivity index (χ4v) is 2.44. The Morgan fingerprint density at radius 3 is 2.26 bits per heavy atom. The SMILES string of the molecule is COc1ccc(OCC(=O)NN=Cc2ccc(OC(=O)c3ccccc3F)cc2)cc1. The molecule has 0 atom stereocenters. The zero-order valence-corrected chi connectivity index (χ0v) is 16.6. The standard InChI is InChI=1S/C23H19FN2O5/c1-29-17-10-12-18(13-11-17)30-15-22(27)26-25-14-16-6-8-19(9-7-16)31-23(28)20-4-2-3-5-21(20)24/h2-14H,15H2,1H3,(H,26,27). The number of hydrazone groups is 1. The minimum atomic E-state index is -0.788. The molecule has 158 valence electrons. The van der Waals surface area contributed by atoms with Crippen molar-refractivity contribution in [3.05, 3.63) is 89.7 Å². The van der Waals surface area contributed by atoms with Gasteiger partial charge in [0.05, 0.1) is 18.9 Å². The molecule has 0 aliphatic carbocycles. The molecule has 0 aliphatic heterocycles. The van der Waals surface area contributed by atoms with Gasteiger partial charge in [-0.15, -0.1) is 0 Å². The van der Waals surface area contributed by atoms with E-state index >= 15 is 0 Å². The van der Waals surface area contributed by atoms with Crippen molar-refractivity contribution < 1.29 is 28.2 Å². The van der Waals surface area contributed by atoms with Gasteiger partial charge in [0.1, 0.15) is 23.1 Å². The number of nitrogens with one attached hydrogen (secondary N) is 1. The van der Waals surface area contributed by atoms with Crippen LogP contribution in [-0.2, 0) is 4.79 Å². The largest absolute Gasteiger partial charge is 0.497 e. The molecule has 1 N–H and O–H groups in total. The van der Waals surface area contributed by atoms with Crippen molar-refractivity contribution in [3.8, 4) is 17.2 Å². The van der Waals surface area contributed by atoms with Crippen LogP contribution in [0.5, 0.6) is 17.2 Å². The van der Waals surface area contributed by atoms with Crippen molar-refractivity contribution >= 4 is 18.1 Å². The van der Waals surface area contributed by atoms with Crippen LogP contribution >= 0.6 is 0 Å². The van der Waals surface area contributed by atoms with Gasteiger partial charge in [-0.3, -0.25) is 4.79 Å². The van der Waals surface area contributed by atoms with Crippen LogP contribution in [0.25, 0.3) is 0 Å². The minimum absolute atomic E-state index is 0.146. The second kappa shape index (κ2) is 10.5.